The van der Waals surface area contributed by atoms with E-state index in [4.69, 9.17) is 19.9 Å². The van der Waals surface area contributed by atoms with Gasteiger partial charge in [-0.3, -0.25) is 23.8 Å². The van der Waals surface area contributed by atoms with Crippen LogP contribution in [0.2, 0.25) is 0 Å². The van der Waals surface area contributed by atoms with Crippen molar-refractivity contribution in [2.75, 3.05) is 63.4 Å². The zero-order valence-corrected chi connectivity index (χ0v) is 52.1. The number of nitriles is 2. The van der Waals surface area contributed by atoms with Gasteiger partial charge in [-0.15, -0.1) is 0 Å². The van der Waals surface area contributed by atoms with Crippen LogP contribution in [-0.4, -0.2) is 140 Å². The van der Waals surface area contributed by atoms with Crippen LogP contribution in [0.25, 0.3) is 56.1 Å². The number of halogens is 1. The number of nitrogens with zero attached hydrogens (tertiary/aromatic N) is 17. The molecule has 4 fully saturated rings. The van der Waals surface area contributed by atoms with Gasteiger partial charge in [0.1, 0.15) is 79.3 Å². The minimum absolute atomic E-state index is 0.111. The molecular formula is C66H65FN18O3S2. The number of carbonyl (C=O) groups is 2. The largest absolute Gasteiger partial charge is 0.380 e. The molecule has 3 amide bonds. The second kappa shape index (κ2) is 24.8. The van der Waals surface area contributed by atoms with Gasteiger partial charge in [0.2, 0.25) is 0 Å². The summed E-state index contributed by atoms with van der Waals surface area (Å²) in [4.78, 5) is 73.0. The third-order valence-electron chi connectivity index (χ3n) is 17.2. The fourth-order valence-electron chi connectivity index (χ4n) is 11.6. The van der Waals surface area contributed by atoms with Crippen molar-refractivity contribution >= 4 is 67.8 Å². The van der Waals surface area contributed by atoms with Crippen LogP contribution in [-0.2, 0) is 30.5 Å². The van der Waals surface area contributed by atoms with Crippen LogP contribution in [0.4, 0.5) is 31.1 Å². The van der Waals surface area contributed by atoms with Gasteiger partial charge < -0.3 is 24.7 Å². The number of thiazole rings is 2. The monoisotopic (exact) mass is 1240 g/mol. The predicted molar refractivity (Wildman–Crippen MR) is 343 cm³/mol. The first-order valence-corrected chi connectivity index (χ1v) is 31.8. The maximum atomic E-state index is 13.5. The topological polar surface area (TPSA) is 242 Å². The molecule has 0 radical (unpaired) electrons. The Kier molecular flexibility index (Phi) is 16.3. The number of imidazole rings is 2. The third-order valence-corrected chi connectivity index (χ3v) is 19.3. The highest BCUT2D eigenvalue weighted by Gasteiger charge is 2.52. The fourth-order valence-corrected chi connectivity index (χ4v) is 13.3. The molecule has 0 atom stereocenters. The summed E-state index contributed by atoms with van der Waals surface area (Å²) >= 11 is 2.66. The van der Waals surface area contributed by atoms with Crippen molar-refractivity contribution in [3.05, 3.63) is 154 Å². The third kappa shape index (κ3) is 11.8. The lowest BCUT2D eigenvalue weighted by molar-refractivity contribution is -0.149. The lowest BCUT2D eigenvalue weighted by Gasteiger charge is -2.44. The van der Waals surface area contributed by atoms with E-state index in [1.807, 2.05) is 120 Å². The summed E-state index contributed by atoms with van der Waals surface area (Å²) in [5.41, 5.74) is 10.1. The minimum Gasteiger partial charge on any atom is -0.380 e. The zero-order chi connectivity index (χ0) is 62.4. The van der Waals surface area contributed by atoms with Crippen LogP contribution >= 0.6 is 22.7 Å². The van der Waals surface area contributed by atoms with Gasteiger partial charge in [-0.05, 0) is 106 Å². The highest BCUT2D eigenvalue weighted by Crippen LogP contribution is 2.41. The van der Waals surface area contributed by atoms with E-state index in [0.717, 1.165) is 130 Å². The van der Waals surface area contributed by atoms with Crippen molar-refractivity contribution in [2.24, 2.45) is 11.8 Å². The molecule has 2 N–H and O–H groups in total. The molecular weight excluding hydrogens is 1180 g/mol. The summed E-state index contributed by atoms with van der Waals surface area (Å²) in [6.45, 7) is 10.4. The van der Waals surface area contributed by atoms with Crippen molar-refractivity contribution in [3.63, 3.8) is 0 Å². The van der Waals surface area contributed by atoms with Gasteiger partial charge in [-0.2, -0.15) is 10.5 Å². The standard InChI is InChI=1S/C34H34N8O2S.C32H31FN10OS/c1-4-26-31(40(3)33-39-30(27(15-35)45-33)23-8-5-21(2)6-9-23)42-20-24(10-12-29(42)38-26)25-16-36-28(37-17-25)11-7-22-18-41(19-22)32(43)34(44)13-14-34;1-3-25-30(40(2)31-39-29(26(12-34)45-31)21-5-8-24(33)9-6-21)43-17-22(7-11-28(43)38-25)23-13-36-27(37-14-23)10-4-20-15-41(16-20)32(44)42-18-35-19-42/h5-6,8-10,12,16-17,20,22,44H,4,7,11,13-14,18-19H2,1-3H3;5-9,11,13-14,17,20,35H,3-4,10,15-16,18-19H2,1-2H3. The van der Waals surface area contributed by atoms with E-state index in [2.05, 4.69) is 61.8 Å². The first kappa shape index (κ1) is 59.4. The summed E-state index contributed by atoms with van der Waals surface area (Å²) in [5, 5.41) is 34.2. The van der Waals surface area contributed by atoms with Crippen molar-refractivity contribution < 1.29 is 19.1 Å². The van der Waals surface area contributed by atoms with Gasteiger partial charge in [-0.25, -0.2) is 49.1 Å². The number of likely N-dealkylation sites (tertiary alicyclic amines) is 2. The Morgan fingerprint density at radius 2 is 1.06 bits per heavy atom. The number of fused-ring (bicyclic) bond motifs is 2. The zero-order valence-electron chi connectivity index (χ0n) is 50.5. The van der Waals surface area contributed by atoms with E-state index in [1.165, 1.54) is 34.8 Å². The second-order valence-electron chi connectivity index (χ2n) is 23.4. The Labute approximate surface area is 527 Å². The van der Waals surface area contributed by atoms with Crippen LogP contribution in [0.1, 0.15) is 77.9 Å². The number of amides is 3. The minimum atomic E-state index is -1.08. The molecule has 1 saturated carbocycles. The summed E-state index contributed by atoms with van der Waals surface area (Å²) in [6, 6.07) is 26.8. The fraction of sp³-hybridized carbons (Fsp3) is 0.333. The number of aliphatic hydroxyl groups is 1. The molecule has 10 aromatic rings. The van der Waals surface area contributed by atoms with Gasteiger partial charge in [-0.1, -0.05) is 66.3 Å². The van der Waals surface area contributed by atoms with E-state index in [9.17, 15) is 29.6 Å². The molecule has 8 aromatic heterocycles. The lowest BCUT2D eigenvalue weighted by Crippen LogP contribution is -2.62. The number of anilines is 4. The maximum absolute atomic E-state index is 13.5. The van der Waals surface area contributed by atoms with E-state index < -0.39 is 5.60 Å². The van der Waals surface area contributed by atoms with Gasteiger partial charge in [0, 0.05) is 124 Å². The van der Waals surface area contributed by atoms with Crippen molar-refractivity contribution in [2.45, 2.75) is 77.7 Å². The highest BCUT2D eigenvalue weighted by molar-refractivity contribution is 7.17. The summed E-state index contributed by atoms with van der Waals surface area (Å²) < 4.78 is 17.6. The van der Waals surface area contributed by atoms with Gasteiger partial charge in [0.15, 0.2) is 10.3 Å². The number of aromatic nitrogens is 10. The quantitative estimate of drug-likeness (QED) is 0.0861. The number of pyridine rings is 2. The van der Waals surface area contributed by atoms with Gasteiger partial charge in [0.05, 0.1) is 24.7 Å². The highest BCUT2D eigenvalue weighted by atomic mass is 32.1. The number of hydrogen-bond acceptors (Lipinski definition) is 18. The lowest BCUT2D eigenvalue weighted by atomic mass is 9.93. The average Bonchev–Trinajstić information content (AvgIpc) is 1.63. The molecule has 0 unspecified atom stereocenters. The Balaban J connectivity index is 0.000000165. The van der Waals surface area contributed by atoms with Crippen LogP contribution < -0.4 is 15.1 Å². The number of aryl methyl sites for hydroxylation is 5. The Morgan fingerprint density at radius 3 is 1.47 bits per heavy atom. The number of rotatable bonds is 17. The maximum Gasteiger partial charge on any atom is 0.322 e. The van der Waals surface area contributed by atoms with E-state index in [1.54, 1.807) is 21.9 Å². The first-order chi connectivity index (χ1) is 43.7. The predicted octanol–water partition coefficient (Wildman–Crippen LogP) is 10.4. The smallest absolute Gasteiger partial charge is 0.322 e. The normalized spacial score (nSPS) is 15.1. The molecule has 24 heteroatoms. The van der Waals surface area contributed by atoms with Crippen molar-refractivity contribution in [3.8, 4) is 56.9 Å². The molecule has 3 saturated heterocycles. The van der Waals surface area contributed by atoms with Gasteiger partial charge in [0.25, 0.3) is 5.91 Å². The van der Waals surface area contributed by atoms with Crippen LogP contribution in [0, 0.1) is 47.2 Å². The molecule has 90 heavy (non-hydrogen) atoms. The van der Waals surface area contributed by atoms with Crippen molar-refractivity contribution in [1.29, 1.82) is 10.5 Å². The van der Waals surface area contributed by atoms with E-state index >= 15 is 0 Å². The molecule has 3 aliphatic heterocycles. The summed E-state index contributed by atoms with van der Waals surface area (Å²) in [6.07, 6.45) is 17.5. The second-order valence-corrected chi connectivity index (χ2v) is 25.4. The van der Waals surface area contributed by atoms with Crippen molar-refractivity contribution in [1.82, 2.24) is 68.7 Å². The Hall–Kier alpha value is -9.59. The molecule has 4 aliphatic rings. The van der Waals surface area contributed by atoms with Crippen LogP contribution in [0.3, 0.4) is 0 Å². The number of carbonyl (C=O) groups excluding carboxylic acids is 2. The molecule has 2 aromatic carbocycles. The van der Waals surface area contributed by atoms with E-state index in [0.29, 0.717) is 89.4 Å². The molecule has 21 nitrogen and oxygen atoms in total. The molecule has 456 valence electrons. The van der Waals surface area contributed by atoms with Crippen LogP contribution in [0.15, 0.2) is 110 Å². The number of urea groups is 1. The van der Waals surface area contributed by atoms with Crippen LogP contribution in [0.5, 0.6) is 0 Å². The number of nitrogens with one attached hydrogen (secondary N) is 1. The average molecular weight is 1240 g/mol. The molecule has 0 spiro atoms. The number of hydrogen-bond donors (Lipinski definition) is 2. The Bertz CT molecular complexity index is 4400. The summed E-state index contributed by atoms with van der Waals surface area (Å²) in [7, 11) is 3.89. The molecule has 14 rings (SSSR count). The van der Waals surface area contributed by atoms with E-state index in [-0.39, 0.29) is 17.8 Å². The Morgan fingerprint density at radius 1 is 0.622 bits per heavy atom. The first-order valence-electron chi connectivity index (χ1n) is 30.2. The van der Waals surface area contributed by atoms with Gasteiger partial charge >= 0.3 is 6.03 Å². The molecule has 1 aliphatic carbocycles. The number of benzene rings is 2. The molecule has 11 heterocycles. The summed E-state index contributed by atoms with van der Waals surface area (Å²) in [5.74, 6) is 3.78. The molecule has 0 bridgehead atoms. The SMILES string of the molecule is CCc1nc2ccc(-c3cnc(CCC4CN(C(=O)C5(O)CC5)C4)nc3)cn2c1N(C)c1nc(-c2ccc(C)cc2)c(C#N)s1.CCc1nc2ccc(-c3cnc(CCC4CN(C(=O)N5CNC5)C4)nc3)cn2c1N(C)c1nc(-c2ccc(F)cc2)c(C#N)s1.